The fourth-order valence-corrected chi connectivity index (χ4v) is 2.73. The average molecular weight is 311 g/mol. The number of halogens is 3. The smallest absolute Gasteiger partial charge is 0.370 e. The van der Waals surface area contributed by atoms with Crippen LogP contribution in [0.25, 0.3) is 0 Å². The lowest BCUT2D eigenvalue weighted by Gasteiger charge is -2.16. The van der Waals surface area contributed by atoms with Crippen LogP contribution in [0.15, 0.2) is 23.2 Å². The van der Waals surface area contributed by atoms with Crippen LogP contribution in [0.4, 0.5) is 19.0 Å². The summed E-state index contributed by atoms with van der Waals surface area (Å²) in [5.41, 5.74) is 0. The van der Waals surface area contributed by atoms with Crippen molar-refractivity contribution in [2.45, 2.75) is 37.4 Å². The molecule has 1 aromatic rings. The summed E-state index contributed by atoms with van der Waals surface area (Å²) in [6, 6.07) is 1.49. The molecule has 0 aliphatic heterocycles. The zero-order valence-electron chi connectivity index (χ0n) is 11.0. The number of anilines is 1. The Bertz CT molecular complexity index is 529. The number of aromatic nitrogens is 1. The van der Waals surface area contributed by atoms with Gasteiger partial charge in [-0.2, -0.15) is 13.2 Å². The molecule has 5 nitrogen and oxygen atoms in total. The SMILES string of the molecule is CCNc1ccc(S(=O)(=O)NC(C)CC(F)(F)F)cn1. The summed E-state index contributed by atoms with van der Waals surface area (Å²) < 4.78 is 62.2. The molecule has 1 aromatic heterocycles. The van der Waals surface area contributed by atoms with Gasteiger partial charge >= 0.3 is 6.18 Å². The van der Waals surface area contributed by atoms with E-state index >= 15 is 0 Å². The number of hydrogen-bond donors (Lipinski definition) is 2. The van der Waals surface area contributed by atoms with Crippen LogP contribution in [0.1, 0.15) is 20.3 Å². The monoisotopic (exact) mass is 311 g/mol. The Kier molecular flexibility index (Phi) is 5.35. The maximum absolute atomic E-state index is 12.2. The van der Waals surface area contributed by atoms with E-state index in [0.717, 1.165) is 13.1 Å². The van der Waals surface area contributed by atoms with Gasteiger partial charge in [0.15, 0.2) is 0 Å². The van der Waals surface area contributed by atoms with Gasteiger partial charge in [0, 0.05) is 18.8 Å². The second-order valence-corrected chi connectivity index (χ2v) is 5.97. The number of nitrogens with zero attached hydrogens (tertiary/aromatic N) is 1. The van der Waals surface area contributed by atoms with E-state index < -0.39 is 28.7 Å². The van der Waals surface area contributed by atoms with Gasteiger partial charge in [0.05, 0.1) is 6.42 Å². The zero-order valence-corrected chi connectivity index (χ0v) is 11.8. The highest BCUT2D eigenvalue weighted by Gasteiger charge is 2.32. The lowest BCUT2D eigenvalue weighted by atomic mass is 10.2. The molecule has 0 fully saturated rings. The minimum absolute atomic E-state index is 0.173. The van der Waals surface area contributed by atoms with Crippen LogP contribution in [0.3, 0.4) is 0 Å². The third-order valence-electron chi connectivity index (χ3n) is 2.30. The van der Waals surface area contributed by atoms with Crippen molar-refractivity contribution < 1.29 is 21.6 Å². The highest BCUT2D eigenvalue weighted by molar-refractivity contribution is 7.89. The van der Waals surface area contributed by atoms with E-state index in [-0.39, 0.29) is 4.90 Å². The largest absolute Gasteiger partial charge is 0.390 e. The molecule has 0 aromatic carbocycles. The summed E-state index contributed by atoms with van der Waals surface area (Å²) in [6.07, 6.45) is -4.55. The highest BCUT2D eigenvalue weighted by Crippen LogP contribution is 2.22. The molecule has 9 heteroatoms. The Morgan fingerprint density at radius 3 is 2.45 bits per heavy atom. The Morgan fingerprint density at radius 1 is 1.35 bits per heavy atom. The summed E-state index contributed by atoms with van der Waals surface area (Å²) >= 11 is 0. The molecule has 0 saturated heterocycles. The third-order valence-corrected chi connectivity index (χ3v) is 3.87. The Balaban J connectivity index is 2.78. The quantitative estimate of drug-likeness (QED) is 0.844. The highest BCUT2D eigenvalue weighted by atomic mass is 32.2. The van der Waals surface area contributed by atoms with Gasteiger partial charge in [-0.05, 0) is 26.0 Å². The summed E-state index contributed by atoms with van der Waals surface area (Å²) in [7, 11) is -4.00. The molecule has 0 aliphatic rings. The van der Waals surface area contributed by atoms with Crippen molar-refractivity contribution in [1.82, 2.24) is 9.71 Å². The van der Waals surface area contributed by atoms with Gasteiger partial charge in [0.1, 0.15) is 10.7 Å². The summed E-state index contributed by atoms with van der Waals surface area (Å²) in [6.45, 7) is 3.64. The predicted octanol–water partition coefficient (Wildman–Crippen LogP) is 2.13. The molecule has 0 amide bonds. The van der Waals surface area contributed by atoms with E-state index in [1.807, 2.05) is 11.6 Å². The Morgan fingerprint density at radius 2 is 2.00 bits per heavy atom. The van der Waals surface area contributed by atoms with Gasteiger partial charge in [-0.15, -0.1) is 0 Å². The van der Waals surface area contributed by atoms with Crippen molar-refractivity contribution in [2.75, 3.05) is 11.9 Å². The summed E-state index contributed by atoms with van der Waals surface area (Å²) in [5.74, 6) is 0.495. The third kappa shape index (κ3) is 5.33. The van der Waals surface area contributed by atoms with E-state index in [1.54, 1.807) is 0 Å². The summed E-state index contributed by atoms with van der Waals surface area (Å²) in [4.78, 5) is 3.69. The number of hydrogen-bond acceptors (Lipinski definition) is 4. The first-order chi connectivity index (χ1) is 9.14. The van der Waals surface area contributed by atoms with E-state index in [4.69, 9.17) is 0 Å². The van der Waals surface area contributed by atoms with Gasteiger partial charge in [-0.25, -0.2) is 18.1 Å². The minimum atomic E-state index is -4.42. The predicted molar refractivity (Wildman–Crippen MR) is 68.9 cm³/mol. The lowest BCUT2D eigenvalue weighted by Crippen LogP contribution is -2.35. The van der Waals surface area contributed by atoms with Crippen LogP contribution in [0, 0.1) is 0 Å². The van der Waals surface area contributed by atoms with E-state index in [1.165, 1.54) is 12.1 Å². The fraction of sp³-hybridized carbons (Fsp3) is 0.545. The zero-order chi connectivity index (χ0) is 15.4. The molecule has 20 heavy (non-hydrogen) atoms. The Hall–Kier alpha value is -1.35. The average Bonchev–Trinajstić information content (AvgIpc) is 2.26. The molecular formula is C11H16F3N3O2S. The topological polar surface area (TPSA) is 71.1 Å². The van der Waals surface area contributed by atoms with Crippen LogP contribution in [0.5, 0.6) is 0 Å². The van der Waals surface area contributed by atoms with Crippen molar-refractivity contribution in [3.63, 3.8) is 0 Å². The van der Waals surface area contributed by atoms with Gasteiger partial charge in [0.2, 0.25) is 10.0 Å². The second-order valence-electron chi connectivity index (χ2n) is 4.25. The first-order valence-corrected chi connectivity index (χ1v) is 7.41. The van der Waals surface area contributed by atoms with Crippen molar-refractivity contribution in [3.05, 3.63) is 18.3 Å². The minimum Gasteiger partial charge on any atom is -0.370 e. The number of nitrogens with one attached hydrogen (secondary N) is 2. The van der Waals surface area contributed by atoms with Gasteiger partial charge < -0.3 is 5.32 Å². The van der Waals surface area contributed by atoms with Crippen LogP contribution < -0.4 is 10.0 Å². The number of alkyl halides is 3. The molecule has 1 heterocycles. The van der Waals surface area contributed by atoms with Crippen LogP contribution >= 0.6 is 0 Å². The molecule has 1 unspecified atom stereocenters. The summed E-state index contributed by atoms with van der Waals surface area (Å²) in [5, 5.41) is 2.88. The molecular weight excluding hydrogens is 295 g/mol. The molecule has 0 aliphatic carbocycles. The maximum atomic E-state index is 12.2. The number of pyridine rings is 1. The molecule has 2 N–H and O–H groups in total. The molecule has 0 saturated carbocycles. The molecule has 114 valence electrons. The van der Waals surface area contributed by atoms with Crippen molar-refractivity contribution in [3.8, 4) is 0 Å². The molecule has 1 rings (SSSR count). The van der Waals surface area contributed by atoms with Gasteiger partial charge in [-0.3, -0.25) is 0 Å². The van der Waals surface area contributed by atoms with Gasteiger partial charge in [0.25, 0.3) is 0 Å². The van der Waals surface area contributed by atoms with Crippen LogP contribution in [-0.2, 0) is 10.0 Å². The van der Waals surface area contributed by atoms with E-state index in [2.05, 4.69) is 10.3 Å². The molecule has 0 spiro atoms. The van der Waals surface area contributed by atoms with Crippen molar-refractivity contribution in [1.29, 1.82) is 0 Å². The lowest BCUT2D eigenvalue weighted by molar-refractivity contribution is -0.137. The van der Waals surface area contributed by atoms with E-state index in [9.17, 15) is 21.6 Å². The molecule has 0 bridgehead atoms. The number of rotatable bonds is 6. The van der Waals surface area contributed by atoms with Crippen LogP contribution in [-0.4, -0.2) is 32.2 Å². The normalized spacial score (nSPS) is 14.1. The Labute approximate surface area is 115 Å². The van der Waals surface area contributed by atoms with Gasteiger partial charge in [-0.1, -0.05) is 0 Å². The molecule has 0 radical (unpaired) electrons. The maximum Gasteiger partial charge on any atom is 0.390 e. The van der Waals surface area contributed by atoms with Crippen molar-refractivity contribution >= 4 is 15.8 Å². The standard InChI is InChI=1S/C11H16F3N3O2S/c1-3-15-10-5-4-9(7-16-10)20(18,19)17-8(2)6-11(12,13)14/h4-5,7-8,17H,3,6H2,1-2H3,(H,15,16). The first kappa shape index (κ1) is 16.7. The second kappa shape index (κ2) is 6.40. The number of sulfonamides is 1. The van der Waals surface area contributed by atoms with Crippen molar-refractivity contribution in [2.24, 2.45) is 0 Å². The van der Waals surface area contributed by atoms with Crippen LogP contribution in [0.2, 0.25) is 0 Å². The first-order valence-electron chi connectivity index (χ1n) is 5.93. The fourth-order valence-electron chi connectivity index (χ4n) is 1.55. The van der Waals surface area contributed by atoms with E-state index in [0.29, 0.717) is 12.4 Å². The molecule has 1 atom stereocenters.